The molecule has 0 fully saturated rings. The lowest BCUT2D eigenvalue weighted by Gasteiger charge is -2.18. The lowest BCUT2D eigenvalue weighted by atomic mass is 9.90. The fourth-order valence-corrected chi connectivity index (χ4v) is 4.55. The highest BCUT2D eigenvalue weighted by atomic mass is 32.2. The predicted octanol–water partition coefficient (Wildman–Crippen LogP) is 7.38. The first-order chi connectivity index (χ1) is 16.3. The highest BCUT2D eigenvalue weighted by Crippen LogP contribution is 2.41. The van der Waals surface area contributed by atoms with Crippen molar-refractivity contribution in [2.24, 2.45) is 0 Å². The van der Waals surface area contributed by atoms with Crippen molar-refractivity contribution in [1.82, 2.24) is 4.98 Å². The van der Waals surface area contributed by atoms with Crippen LogP contribution < -0.4 is 4.74 Å². The first-order valence-corrected chi connectivity index (χ1v) is 12.5. The van der Waals surface area contributed by atoms with Gasteiger partial charge in [-0.15, -0.1) is 0 Å². The molecule has 3 aromatic carbocycles. The van der Waals surface area contributed by atoms with Gasteiger partial charge in [-0.3, -0.25) is 4.98 Å². The largest absolute Gasteiger partial charge is 0.457 e. The van der Waals surface area contributed by atoms with Gasteiger partial charge in [-0.2, -0.15) is 13.2 Å². The maximum absolute atomic E-state index is 14.0. The van der Waals surface area contributed by atoms with Crippen molar-refractivity contribution >= 4 is 20.7 Å². The number of alkyl halides is 3. The summed E-state index contributed by atoms with van der Waals surface area (Å²) in [6.07, 6.45) is -2.15. The van der Waals surface area contributed by atoms with Crippen LogP contribution in [0.15, 0.2) is 71.8 Å². The van der Waals surface area contributed by atoms with Crippen LogP contribution in [0.25, 0.3) is 22.0 Å². The average molecular weight is 504 g/mol. The molecular formula is C26H21F4NO3S. The van der Waals surface area contributed by atoms with Gasteiger partial charge in [-0.25, -0.2) is 12.8 Å². The zero-order valence-corrected chi connectivity index (χ0v) is 19.8. The number of benzene rings is 3. The molecule has 1 heterocycles. The summed E-state index contributed by atoms with van der Waals surface area (Å²) in [5.41, 5.74) is 0.926. The molecule has 0 unspecified atom stereocenters. The smallest absolute Gasteiger partial charge is 0.418 e. The molecule has 4 aromatic rings. The van der Waals surface area contributed by atoms with E-state index >= 15 is 0 Å². The average Bonchev–Trinajstić information content (AvgIpc) is 2.76. The van der Waals surface area contributed by atoms with Gasteiger partial charge >= 0.3 is 6.18 Å². The first kappa shape index (κ1) is 24.7. The Kier molecular flexibility index (Phi) is 6.31. The molecule has 0 radical (unpaired) electrons. The molecule has 0 atom stereocenters. The Bertz CT molecular complexity index is 1530. The Morgan fingerprint density at radius 2 is 1.66 bits per heavy atom. The summed E-state index contributed by atoms with van der Waals surface area (Å²) in [4.78, 5) is 3.91. The van der Waals surface area contributed by atoms with E-state index in [0.29, 0.717) is 16.5 Å². The molecule has 1 aromatic heterocycles. The van der Waals surface area contributed by atoms with E-state index in [0.717, 1.165) is 30.0 Å². The minimum atomic E-state index is -4.57. The molecule has 0 spiro atoms. The summed E-state index contributed by atoms with van der Waals surface area (Å²) in [7, 11) is -3.67. The molecule has 35 heavy (non-hydrogen) atoms. The van der Waals surface area contributed by atoms with E-state index in [1.54, 1.807) is 30.3 Å². The Morgan fingerprint density at radius 1 is 0.943 bits per heavy atom. The van der Waals surface area contributed by atoms with Crippen molar-refractivity contribution in [3.63, 3.8) is 0 Å². The van der Waals surface area contributed by atoms with Crippen molar-refractivity contribution in [3.8, 4) is 22.6 Å². The Hall–Kier alpha value is -3.46. The normalized spacial score (nSPS) is 12.3. The number of hydrogen-bond donors (Lipinski definition) is 0. The molecule has 0 aliphatic carbocycles. The van der Waals surface area contributed by atoms with Crippen LogP contribution in [0.3, 0.4) is 0 Å². The molecule has 0 aliphatic heterocycles. The quantitative estimate of drug-likeness (QED) is 0.267. The van der Waals surface area contributed by atoms with E-state index < -0.39 is 27.4 Å². The predicted molar refractivity (Wildman–Crippen MR) is 126 cm³/mol. The van der Waals surface area contributed by atoms with Gasteiger partial charge in [-0.05, 0) is 52.9 Å². The van der Waals surface area contributed by atoms with E-state index in [1.165, 1.54) is 18.3 Å². The van der Waals surface area contributed by atoms with Gasteiger partial charge in [0.05, 0.1) is 16.0 Å². The summed E-state index contributed by atoms with van der Waals surface area (Å²) in [5.74, 6) is -0.577. The number of rotatable bonds is 5. The number of sulfone groups is 1. The lowest BCUT2D eigenvalue weighted by Crippen LogP contribution is -2.07. The molecule has 9 heteroatoms. The van der Waals surface area contributed by atoms with Crippen LogP contribution in [0.5, 0.6) is 11.5 Å². The summed E-state index contributed by atoms with van der Waals surface area (Å²) in [5, 5.41) is 0.341. The summed E-state index contributed by atoms with van der Waals surface area (Å²) in [6.45, 7) is 3.83. The summed E-state index contributed by atoms with van der Waals surface area (Å²) >= 11 is 0. The van der Waals surface area contributed by atoms with Gasteiger partial charge in [0.15, 0.2) is 9.84 Å². The van der Waals surface area contributed by atoms with Gasteiger partial charge in [0.1, 0.15) is 17.3 Å². The highest BCUT2D eigenvalue weighted by Gasteiger charge is 2.33. The van der Waals surface area contributed by atoms with Crippen LogP contribution in [0, 0.1) is 5.82 Å². The topological polar surface area (TPSA) is 56.3 Å². The molecule has 0 saturated heterocycles. The number of para-hydroxylation sites is 1. The first-order valence-electron chi connectivity index (χ1n) is 10.6. The van der Waals surface area contributed by atoms with Gasteiger partial charge in [-0.1, -0.05) is 38.1 Å². The van der Waals surface area contributed by atoms with Gasteiger partial charge < -0.3 is 4.74 Å². The van der Waals surface area contributed by atoms with Crippen molar-refractivity contribution < 1.29 is 30.7 Å². The lowest BCUT2D eigenvalue weighted by molar-refractivity contribution is -0.136. The molecule has 0 bridgehead atoms. The van der Waals surface area contributed by atoms with E-state index in [4.69, 9.17) is 4.74 Å². The van der Waals surface area contributed by atoms with Crippen LogP contribution >= 0.6 is 0 Å². The van der Waals surface area contributed by atoms with Gasteiger partial charge in [0.2, 0.25) is 0 Å². The van der Waals surface area contributed by atoms with Crippen LogP contribution in [0.2, 0.25) is 0 Å². The molecule has 0 aliphatic rings. The van der Waals surface area contributed by atoms with Crippen molar-refractivity contribution in [3.05, 3.63) is 83.8 Å². The summed E-state index contributed by atoms with van der Waals surface area (Å²) in [6, 6.07) is 13.7. The molecule has 0 saturated carbocycles. The van der Waals surface area contributed by atoms with Crippen molar-refractivity contribution in [1.29, 1.82) is 0 Å². The second-order valence-electron chi connectivity index (χ2n) is 8.47. The Labute approximate surface area is 200 Å². The molecule has 4 rings (SSSR count). The minimum Gasteiger partial charge on any atom is -0.457 e. The molecule has 0 amide bonds. The number of pyridine rings is 1. The fraction of sp³-hybridized carbons (Fsp3) is 0.192. The monoisotopic (exact) mass is 503 g/mol. The Balaban J connectivity index is 1.87. The highest BCUT2D eigenvalue weighted by molar-refractivity contribution is 7.90. The minimum absolute atomic E-state index is 0.0226. The second-order valence-corrected chi connectivity index (χ2v) is 10.5. The number of ether oxygens (including phenoxy) is 1. The van der Waals surface area contributed by atoms with E-state index in [1.807, 2.05) is 13.8 Å². The molecule has 182 valence electrons. The van der Waals surface area contributed by atoms with Crippen LogP contribution in [-0.2, 0) is 16.0 Å². The Morgan fingerprint density at radius 3 is 2.31 bits per heavy atom. The molecule has 4 nitrogen and oxygen atoms in total. The van der Waals surface area contributed by atoms with Gasteiger partial charge in [0.25, 0.3) is 0 Å². The van der Waals surface area contributed by atoms with Crippen LogP contribution in [-0.4, -0.2) is 19.7 Å². The van der Waals surface area contributed by atoms with Gasteiger partial charge in [0, 0.05) is 23.9 Å². The van der Waals surface area contributed by atoms with Crippen molar-refractivity contribution in [2.75, 3.05) is 6.26 Å². The number of hydrogen-bond acceptors (Lipinski definition) is 4. The molecular weight excluding hydrogens is 482 g/mol. The third-order valence-corrected chi connectivity index (χ3v) is 6.58. The number of halogens is 4. The SMILES string of the molecule is CC(C)c1cnc2c(C(F)(F)F)cccc2c1-c1cccc(Oc2cc(F)cc(S(C)(=O)=O)c2)c1. The third kappa shape index (κ3) is 5.14. The van der Waals surface area contributed by atoms with Crippen LogP contribution in [0.1, 0.15) is 30.9 Å². The zero-order valence-electron chi connectivity index (χ0n) is 19.0. The number of nitrogens with zero attached hydrogens (tertiary/aromatic N) is 1. The third-order valence-electron chi connectivity index (χ3n) is 5.49. The standard InChI is InChI=1S/C26H21F4NO3S/c1-15(2)22-14-31-25-21(8-5-9-23(25)26(28,29)30)24(22)16-6-4-7-18(10-16)34-19-11-17(27)12-20(13-19)35(3,32)33/h4-15H,1-3H3. The number of fused-ring (bicyclic) bond motifs is 1. The zero-order chi connectivity index (χ0) is 25.5. The fourth-order valence-electron chi connectivity index (χ4n) is 3.89. The van der Waals surface area contributed by atoms with E-state index in [2.05, 4.69) is 4.98 Å². The van der Waals surface area contributed by atoms with E-state index in [9.17, 15) is 26.0 Å². The van der Waals surface area contributed by atoms with E-state index in [-0.39, 0.29) is 27.8 Å². The van der Waals surface area contributed by atoms with Crippen molar-refractivity contribution in [2.45, 2.75) is 30.8 Å². The second kappa shape index (κ2) is 8.96. The summed E-state index contributed by atoms with van der Waals surface area (Å²) < 4.78 is 84.3. The molecule has 0 N–H and O–H groups in total. The maximum atomic E-state index is 14.0. The number of aromatic nitrogens is 1. The maximum Gasteiger partial charge on any atom is 0.418 e. The van der Waals surface area contributed by atoms with Crippen LogP contribution in [0.4, 0.5) is 17.6 Å².